The van der Waals surface area contributed by atoms with Crippen LogP contribution in [0, 0.1) is 0 Å². The van der Waals surface area contributed by atoms with Gasteiger partial charge in [0.15, 0.2) is 6.29 Å². The monoisotopic (exact) mass is 253 g/mol. The molecule has 0 saturated carbocycles. The summed E-state index contributed by atoms with van der Waals surface area (Å²) in [7, 11) is 0. The molecule has 0 radical (unpaired) electrons. The molecular weight excluding hydrogens is 242 g/mol. The van der Waals surface area contributed by atoms with Crippen LogP contribution in [0.5, 0.6) is 0 Å². The van der Waals surface area contributed by atoms with E-state index in [1.54, 1.807) is 42.6 Å². The van der Waals surface area contributed by atoms with E-state index in [0.717, 1.165) is 0 Å². The summed E-state index contributed by atoms with van der Waals surface area (Å²) in [6.45, 7) is 0. The topological polar surface area (TPSA) is 72.0 Å². The van der Waals surface area contributed by atoms with Gasteiger partial charge in [0.1, 0.15) is 5.69 Å². The van der Waals surface area contributed by atoms with Gasteiger partial charge in [-0.15, -0.1) is 0 Å². The number of hydrogen-bond acceptors (Lipinski definition) is 4. The molecule has 0 saturated heterocycles. The van der Waals surface area contributed by atoms with Gasteiger partial charge in [-0.05, 0) is 30.3 Å². The van der Waals surface area contributed by atoms with Crippen molar-refractivity contribution in [3.63, 3.8) is 0 Å². The predicted octanol–water partition coefficient (Wildman–Crippen LogP) is 1.45. The number of rotatable bonds is 4. The highest BCUT2D eigenvalue weighted by molar-refractivity contribution is 5.98. The number of carbonyl (C=O) groups is 2. The molecule has 19 heavy (non-hydrogen) atoms. The first-order chi connectivity index (χ1) is 9.29. The van der Waals surface area contributed by atoms with Gasteiger partial charge in [0.25, 0.3) is 5.91 Å². The maximum Gasteiger partial charge on any atom is 0.274 e. The minimum atomic E-state index is -0.435. The third kappa shape index (κ3) is 3.57. The van der Waals surface area contributed by atoms with E-state index in [2.05, 4.69) is 15.3 Å². The van der Waals surface area contributed by atoms with Crippen LogP contribution in [0.1, 0.15) is 16.2 Å². The molecule has 1 amide bonds. The summed E-state index contributed by atoms with van der Waals surface area (Å²) >= 11 is 0. The molecule has 2 heterocycles. The van der Waals surface area contributed by atoms with E-state index < -0.39 is 5.91 Å². The second kappa shape index (κ2) is 6.20. The Morgan fingerprint density at radius 3 is 2.37 bits per heavy atom. The number of nitrogens with one attached hydrogen (secondary N) is 1. The molecule has 0 fully saturated rings. The zero-order valence-electron chi connectivity index (χ0n) is 9.98. The maximum atomic E-state index is 11.8. The molecule has 2 aromatic rings. The van der Waals surface area contributed by atoms with Crippen LogP contribution in [0.3, 0.4) is 0 Å². The Morgan fingerprint density at radius 1 is 1.05 bits per heavy atom. The minimum absolute atomic E-state index is 0.134. The Bertz CT molecular complexity index is 595. The second-order valence-electron chi connectivity index (χ2n) is 3.64. The normalized spacial score (nSPS) is 10.8. The van der Waals surface area contributed by atoms with Gasteiger partial charge in [-0.3, -0.25) is 19.6 Å². The molecule has 0 bridgehead atoms. The largest absolute Gasteiger partial charge is 0.318 e. The van der Waals surface area contributed by atoms with Gasteiger partial charge < -0.3 is 5.32 Å². The zero-order valence-corrected chi connectivity index (χ0v) is 9.98. The van der Waals surface area contributed by atoms with E-state index >= 15 is 0 Å². The van der Waals surface area contributed by atoms with Gasteiger partial charge in [-0.25, -0.2) is 0 Å². The first-order valence-electron chi connectivity index (χ1n) is 5.60. The Hall–Kier alpha value is -2.82. The van der Waals surface area contributed by atoms with Crippen molar-refractivity contribution >= 4 is 18.3 Å². The van der Waals surface area contributed by atoms with Crippen LogP contribution in [0.2, 0.25) is 0 Å². The Morgan fingerprint density at radius 2 is 1.79 bits per heavy atom. The molecular formula is C14H11N3O2. The lowest BCUT2D eigenvalue weighted by molar-refractivity contribution is -0.105. The lowest BCUT2D eigenvalue weighted by atomic mass is 10.3. The van der Waals surface area contributed by atoms with E-state index in [4.69, 9.17) is 0 Å². The first kappa shape index (κ1) is 12.6. The summed E-state index contributed by atoms with van der Waals surface area (Å²) in [5.41, 5.74) is 0.969. The van der Waals surface area contributed by atoms with Crippen LogP contribution in [0.25, 0.3) is 6.08 Å². The number of carbonyl (C=O) groups excluding carboxylic acids is 2. The fraction of sp³-hybridized carbons (Fsp3) is 0. The maximum absolute atomic E-state index is 11.8. The summed E-state index contributed by atoms with van der Waals surface area (Å²) in [5.74, 6) is -0.435. The van der Waals surface area contributed by atoms with Crippen molar-refractivity contribution in [1.29, 1.82) is 0 Å². The molecule has 2 rings (SSSR count). The number of allylic oxidation sites excluding steroid dienone is 1. The third-order valence-electron chi connectivity index (χ3n) is 2.27. The zero-order chi connectivity index (χ0) is 13.5. The van der Waals surface area contributed by atoms with Crippen LogP contribution in [-0.4, -0.2) is 22.2 Å². The number of nitrogens with zero attached hydrogens (tertiary/aromatic N) is 2. The Labute approximate surface area is 110 Å². The van der Waals surface area contributed by atoms with Gasteiger partial charge in [-0.2, -0.15) is 0 Å². The molecule has 2 aromatic heterocycles. The van der Waals surface area contributed by atoms with Crippen LogP contribution in [-0.2, 0) is 4.79 Å². The average molecular weight is 253 g/mol. The average Bonchev–Trinajstić information content (AvgIpc) is 2.48. The molecule has 0 aliphatic carbocycles. The predicted molar refractivity (Wildman–Crippen MR) is 70.0 cm³/mol. The van der Waals surface area contributed by atoms with Crippen LogP contribution in [0.4, 0.5) is 0 Å². The van der Waals surface area contributed by atoms with Gasteiger partial charge in [-0.1, -0.05) is 12.1 Å². The Balaban J connectivity index is 2.14. The second-order valence-corrected chi connectivity index (χ2v) is 3.64. The summed E-state index contributed by atoms with van der Waals surface area (Å²) in [6.07, 6.45) is 5.18. The summed E-state index contributed by atoms with van der Waals surface area (Å²) in [5, 5.41) is 2.48. The molecule has 0 atom stereocenters. The van der Waals surface area contributed by atoms with Crippen molar-refractivity contribution in [1.82, 2.24) is 15.3 Å². The van der Waals surface area contributed by atoms with Crippen molar-refractivity contribution < 1.29 is 9.59 Å². The third-order valence-corrected chi connectivity index (χ3v) is 2.27. The number of pyridine rings is 2. The van der Waals surface area contributed by atoms with Gasteiger partial charge >= 0.3 is 0 Å². The molecule has 0 unspecified atom stereocenters. The molecule has 0 spiro atoms. The van der Waals surface area contributed by atoms with Crippen LogP contribution >= 0.6 is 0 Å². The minimum Gasteiger partial charge on any atom is -0.318 e. The van der Waals surface area contributed by atoms with Crippen molar-refractivity contribution in [2.45, 2.75) is 0 Å². The molecule has 94 valence electrons. The van der Waals surface area contributed by atoms with Crippen molar-refractivity contribution in [3.8, 4) is 0 Å². The SMILES string of the molecule is O=CC(=Cc1ccccn1)NC(=O)c1ccccn1. The molecule has 0 aliphatic rings. The summed E-state index contributed by atoms with van der Waals surface area (Å²) < 4.78 is 0. The number of aldehydes is 1. The van der Waals surface area contributed by atoms with Crippen LogP contribution < -0.4 is 5.32 Å². The molecule has 0 aromatic carbocycles. The van der Waals surface area contributed by atoms with E-state index in [9.17, 15) is 9.59 Å². The number of aromatic nitrogens is 2. The van der Waals surface area contributed by atoms with Crippen molar-refractivity contribution in [2.24, 2.45) is 0 Å². The number of hydrogen-bond donors (Lipinski definition) is 1. The molecule has 5 nitrogen and oxygen atoms in total. The van der Waals surface area contributed by atoms with E-state index in [-0.39, 0.29) is 11.4 Å². The summed E-state index contributed by atoms with van der Waals surface area (Å²) in [6, 6.07) is 10.3. The fourth-order valence-corrected chi connectivity index (χ4v) is 1.41. The standard InChI is InChI=1S/C14H11N3O2/c18-10-12(9-11-5-1-3-7-15-11)17-14(19)13-6-2-4-8-16-13/h1-10H,(H,17,19). The number of amides is 1. The smallest absolute Gasteiger partial charge is 0.274 e. The fourth-order valence-electron chi connectivity index (χ4n) is 1.41. The van der Waals surface area contributed by atoms with Gasteiger partial charge in [0, 0.05) is 12.4 Å². The highest BCUT2D eigenvalue weighted by atomic mass is 16.2. The van der Waals surface area contributed by atoms with Gasteiger partial charge in [0.2, 0.25) is 0 Å². The lowest BCUT2D eigenvalue weighted by Gasteiger charge is -2.03. The Kier molecular flexibility index (Phi) is 4.12. The molecule has 0 aliphatic heterocycles. The molecule has 5 heteroatoms. The van der Waals surface area contributed by atoms with E-state index in [1.807, 2.05) is 0 Å². The lowest BCUT2D eigenvalue weighted by Crippen LogP contribution is -2.24. The van der Waals surface area contributed by atoms with Crippen molar-refractivity contribution in [2.75, 3.05) is 0 Å². The first-order valence-corrected chi connectivity index (χ1v) is 5.60. The van der Waals surface area contributed by atoms with E-state index in [1.165, 1.54) is 12.3 Å². The highest BCUT2D eigenvalue weighted by Gasteiger charge is 2.08. The molecule has 1 N–H and O–H groups in total. The van der Waals surface area contributed by atoms with Gasteiger partial charge in [0.05, 0.1) is 11.4 Å². The van der Waals surface area contributed by atoms with Crippen LogP contribution in [0.15, 0.2) is 54.5 Å². The highest BCUT2D eigenvalue weighted by Crippen LogP contribution is 2.01. The van der Waals surface area contributed by atoms with E-state index in [0.29, 0.717) is 12.0 Å². The quantitative estimate of drug-likeness (QED) is 0.661. The van der Waals surface area contributed by atoms with Crippen molar-refractivity contribution in [3.05, 3.63) is 65.9 Å². The summed E-state index contributed by atoms with van der Waals surface area (Å²) in [4.78, 5) is 30.7.